The number of phosphoric ester groups is 1. The zero-order chi connectivity index (χ0) is 20.0. The van der Waals surface area contributed by atoms with E-state index in [4.69, 9.17) is 24.0 Å². The van der Waals surface area contributed by atoms with E-state index in [1.54, 1.807) is 0 Å². The second-order valence-electron chi connectivity index (χ2n) is 7.25. The van der Waals surface area contributed by atoms with E-state index in [1.165, 1.54) is 42.5 Å². The second-order valence-corrected chi connectivity index (χ2v) is 8.87. The van der Waals surface area contributed by atoms with E-state index < -0.39 is 31.9 Å². The number of rotatable bonds is 10. The van der Waals surface area contributed by atoms with E-state index in [-0.39, 0.29) is 12.4 Å². The lowest BCUT2D eigenvalue weighted by Gasteiger charge is -2.29. The van der Waals surface area contributed by atoms with E-state index in [0.29, 0.717) is 13.0 Å². The lowest BCUT2D eigenvalue weighted by Crippen LogP contribution is -2.33. The summed E-state index contributed by atoms with van der Waals surface area (Å²) < 4.78 is 36.2. The van der Waals surface area contributed by atoms with Gasteiger partial charge in [0.2, 0.25) is 0 Å². The first-order valence-electron chi connectivity index (χ1n) is 10.1. The van der Waals surface area contributed by atoms with Crippen LogP contribution in [0.3, 0.4) is 0 Å². The molecule has 3 rings (SSSR count). The van der Waals surface area contributed by atoms with Crippen molar-refractivity contribution in [1.82, 2.24) is 9.55 Å². The number of phosphoric acid groups is 1. The summed E-state index contributed by atoms with van der Waals surface area (Å²) in [6, 6.07) is 1.53. The Labute approximate surface area is 165 Å². The van der Waals surface area contributed by atoms with Crippen LogP contribution in [0.15, 0.2) is 17.1 Å². The number of ether oxygens (including phenoxy) is 1. The number of hydrogen-bond acceptors (Lipinski definition) is 8. The molecule has 2 aliphatic heterocycles. The first-order valence-corrected chi connectivity index (χ1v) is 11.5. The molecule has 4 atom stereocenters. The van der Waals surface area contributed by atoms with Crippen molar-refractivity contribution in [3.8, 4) is 0 Å². The van der Waals surface area contributed by atoms with Crippen LogP contribution in [-0.4, -0.2) is 35.0 Å². The molecule has 1 aromatic rings. The van der Waals surface area contributed by atoms with E-state index in [0.717, 1.165) is 19.3 Å². The quantitative estimate of drug-likeness (QED) is 0.457. The van der Waals surface area contributed by atoms with Crippen LogP contribution in [0.5, 0.6) is 0 Å². The first kappa shape index (κ1) is 21.5. The number of nitrogens with zero attached hydrogens (tertiary/aromatic N) is 2. The summed E-state index contributed by atoms with van der Waals surface area (Å²) in [6.07, 6.45) is 8.48. The Bertz CT molecular complexity index is 742. The maximum atomic E-state index is 12.7. The predicted octanol–water partition coefficient (Wildman–Crippen LogP) is 3.40. The third kappa shape index (κ3) is 5.64. The van der Waals surface area contributed by atoms with Gasteiger partial charge in [0.1, 0.15) is 24.3 Å². The van der Waals surface area contributed by atoms with Crippen LogP contribution in [0, 0.1) is 0 Å². The standard InChI is InChI=1S/C18H30N3O6P/c1-2-3-4-5-6-7-8-11-24-28(23)25-13-15-14(27-28)12-17(26-15)21-10-9-16(19)20-18(21)22/h9-10,14-15,17H,2-8,11-13H2,1H3,(H2,19,20,22)/t14-,15?,17+,28?/m0/s1. The van der Waals surface area contributed by atoms with Gasteiger partial charge in [-0.15, -0.1) is 0 Å². The van der Waals surface area contributed by atoms with Gasteiger partial charge >= 0.3 is 13.5 Å². The molecular weight excluding hydrogens is 385 g/mol. The number of nitrogen functional groups attached to an aromatic ring is 1. The van der Waals surface area contributed by atoms with Crippen LogP contribution in [0.25, 0.3) is 0 Å². The van der Waals surface area contributed by atoms with Crippen LogP contribution in [0.4, 0.5) is 5.82 Å². The van der Waals surface area contributed by atoms with Gasteiger partial charge < -0.3 is 10.5 Å². The molecule has 1 aromatic heterocycles. The monoisotopic (exact) mass is 415 g/mol. The maximum absolute atomic E-state index is 12.7. The van der Waals surface area contributed by atoms with Crippen LogP contribution in [-0.2, 0) is 22.9 Å². The van der Waals surface area contributed by atoms with Crippen molar-refractivity contribution >= 4 is 13.6 Å². The molecule has 10 heteroatoms. The van der Waals surface area contributed by atoms with Gasteiger partial charge in [0.05, 0.1) is 13.2 Å². The highest BCUT2D eigenvalue weighted by atomic mass is 31.2. The molecule has 3 heterocycles. The fourth-order valence-electron chi connectivity index (χ4n) is 3.44. The van der Waals surface area contributed by atoms with Gasteiger partial charge in [0.15, 0.2) is 0 Å². The minimum Gasteiger partial charge on any atom is -0.383 e. The van der Waals surface area contributed by atoms with Crippen molar-refractivity contribution in [2.45, 2.75) is 76.7 Å². The molecule has 2 fully saturated rings. The summed E-state index contributed by atoms with van der Waals surface area (Å²) in [5, 5.41) is 0. The normalized spacial score (nSPS) is 29.7. The Balaban J connectivity index is 1.43. The van der Waals surface area contributed by atoms with Gasteiger partial charge in [-0.25, -0.2) is 9.36 Å². The predicted molar refractivity (Wildman–Crippen MR) is 104 cm³/mol. The minimum absolute atomic E-state index is 0.104. The maximum Gasteiger partial charge on any atom is 0.475 e. The minimum atomic E-state index is -3.59. The molecule has 9 nitrogen and oxygen atoms in total. The van der Waals surface area contributed by atoms with Crippen LogP contribution >= 0.6 is 7.82 Å². The van der Waals surface area contributed by atoms with Gasteiger partial charge in [-0.2, -0.15) is 4.98 Å². The average molecular weight is 415 g/mol. The summed E-state index contributed by atoms with van der Waals surface area (Å²) in [4.78, 5) is 15.7. The zero-order valence-electron chi connectivity index (χ0n) is 16.3. The molecule has 2 saturated heterocycles. The lowest BCUT2D eigenvalue weighted by molar-refractivity contribution is -0.0722. The molecule has 0 aromatic carbocycles. The molecule has 0 aliphatic carbocycles. The van der Waals surface area contributed by atoms with Crippen molar-refractivity contribution < 1.29 is 22.9 Å². The number of anilines is 1. The van der Waals surface area contributed by atoms with Crippen LogP contribution < -0.4 is 11.4 Å². The molecule has 2 unspecified atom stereocenters. The summed E-state index contributed by atoms with van der Waals surface area (Å²) >= 11 is 0. The highest BCUT2D eigenvalue weighted by molar-refractivity contribution is 7.48. The summed E-state index contributed by atoms with van der Waals surface area (Å²) in [7, 11) is -3.59. The fourth-order valence-corrected chi connectivity index (χ4v) is 4.87. The molecule has 0 radical (unpaired) electrons. The molecule has 0 saturated carbocycles. The summed E-state index contributed by atoms with van der Waals surface area (Å²) in [5.74, 6) is 0.152. The fraction of sp³-hybridized carbons (Fsp3) is 0.778. The highest BCUT2D eigenvalue weighted by Crippen LogP contribution is 2.56. The number of unbranched alkanes of at least 4 members (excludes halogenated alkanes) is 6. The van der Waals surface area contributed by atoms with Crippen molar-refractivity contribution in [2.24, 2.45) is 0 Å². The average Bonchev–Trinajstić information content (AvgIpc) is 3.06. The first-order chi connectivity index (χ1) is 13.5. The van der Waals surface area contributed by atoms with Crippen molar-refractivity contribution in [1.29, 1.82) is 0 Å². The molecule has 0 bridgehead atoms. The summed E-state index contributed by atoms with van der Waals surface area (Å²) in [6.45, 7) is 2.64. The Hall–Kier alpha value is -1.25. The van der Waals surface area contributed by atoms with Gasteiger partial charge in [-0.1, -0.05) is 45.4 Å². The zero-order valence-corrected chi connectivity index (χ0v) is 17.2. The van der Waals surface area contributed by atoms with E-state index in [1.807, 2.05) is 0 Å². The van der Waals surface area contributed by atoms with Crippen molar-refractivity contribution in [3.05, 3.63) is 22.7 Å². The molecule has 158 valence electrons. The number of fused-ring (bicyclic) bond motifs is 1. The Morgan fingerprint density at radius 2 is 2.00 bits per heavy atom. The highest BCUT2D eigenvalue weighted by Gasteiger charge is 2.47. The number of nitrogens with two attached hydrogens (primary N) is 1. The van der Waals surface area contributed by atoms with E-state index in [9.17, 15) is 9.36 Å². The van der Waals surface area contributed by atoms with Gasteiger partial charge in [-0.3, -0.25) is 18.1 Å². The van der Waals surface area contributed by atoms with Gasteiger partial charge in [0, 0.05) is 12.6 Å². The third-order valence-corrected chi connectivity index (χ3v) is 6.49. The second kappa shape index (κ2) is 9.98. The SMILES string of the molecule is CCCCCCCCCOP1(=O)OCC2O[C@@H](n3ccc(N)nc3=O)C[C@@H]2O1. The Kier molecular flexibility index (Phi) is 7.65. The Morgan fingerprint density at radius 3 is 2.75 bits per heavy atom. The lowest BCUT2D eigenvalue weighted by atomic mass is 10.1. The molecule has 2 aliphatic rings. The van der Waals surface area contributed by atoms with Gasteiger partial charge in [-0.05, 0) is 12.5 Å². The van der Waals surface area contributed by atoms with Crippen LogP contribution in [0.1, 0.15) is 64.5 Å². The van der Waals surface area contributed by atoms with Crippen LogP contribution in [0.2, 0.25) is 0 Å². The largest absolute Gasteiger partial charge is 0.475 e. The third-order valence-electron chi connectivity index (χ3n) is 5.00. The Morgan fingerprint density at radius 1 is 1.25 bits per heavy atom. The number of hydrogen-bond donors (Lipinski definition) is 1. The van der Waals surface area contributed by atoms with E-state index >= 15 is 0 Å². The molecule has 0 spiro atoms. The van der Waals surface area contributed by atoms with Crippen molar-refractivity contribution in [3.63, 3.8) is 0 Å². The smallest absolute Gasteiger partial charge is 0.383 e. The van der Waals surface area contributed by atoms with Gasteiger partial charge in [0.25, 0.3) is 0 Å². The van der Waals surface area contributed by atoms with E-state index in [2.05, 4.69) is 11.9 Å². The molecular formula is C18H30N3O6P. The summed E-state index contributed by atoms with van der Waals surface area (Å²) in [5.41, 5.74) is 5.02. The topological polar surface area (TPSA) is 115 Å². The molecule has 2 N–H and O–H groups in total. The molecule has 28 heavy (non-hydrogen) atoms. The van der Waals surface area contributed by atoms with Crippen molar-refractivity contribution in [2.75, 3.05) is 18.9 Å². The number of aromatic nitrogens is 2. The molecule has 0 amide bonds.